The highest BCUT2D eigenvalue weighted by Crippen LogP contribution is 2.51. The summed E-state index contributed by atoms with van der Waals surface area (Å²) in [6.45, 7) is 4.77. The molecule has 1 aliphatic rings. The molecule has 54 heavy (non-hydrogen) atoms. The van der Waals surface area contributed by atoms with Crippen LogP contribution in [0.2, 0.25) is 0 Å². The largest absolute Gasteiger partial charge is 0.456 e. The van der Waals surface area contributed by atoms with E-state index in [0.29, 0.717) is 0 Å². The van der Waals surface area contributed by atoms with E-state index >= 15 is 0 Å². The van der Waals surface area contributed by atoms with E-state index in [-0.39, 0.29) is 5.41 Å². The first-order valence-electron chi connectivity index (χ1n) is 18.8. The van der Waals surface area contributed by atoms with E-state index in [4.69, 9.17) is 4.42 Å². The van der Waals surface area contributed by atoms with Gasteiger partial charge in [0, 0.05) is 49.1 Å². The molecule has 0 atom stereocenters. The van der Waals surface area contributed by atoms with Crippen LogP contribution >= 0.6 is 0 Å². The van der Waals surface area contributed by atoms with Crippen LogP contribution in [0.4, 0.5) is 0 Å². The van der Waals surface area contributed by atoms with E-state index in [1.807, 2.05) is 12.1 Å². The van der Waals surface area contributed by atoms with Crippen LogP contribution < -0.4 is 0 Å². The van der Waals surface area contributed by atoms with E-state index < -0.39 is 0 Å². The van der Waals surface area contributed by atoms with E-state index in [0.717, 1.165) is 27.6 Å². The summed E-state index contributed by atoms with van der Waals surface area (Å²) in [6.07, 6.45) is 0. The van der Waals surface area contributed by atoms with Crippen molar-refractivity contribution < 1.29 is 4.42 Å². The minimum Gasteiger partial charge on any atom is -0.456 e. The molecule has 12 rings (SSSR count). The Morgan fingerprint density at radius 1 is 0.389 bits per heavy atom. The van der Waals surface area contributed by atoms with E-state index in [1.54, 1.807) is 0 Å². The molecule has 254 valence electrons. The van der Waals surface area contributed by atoms with Crippen molar-refractivity contribution in [1.29, 1.82) is 0 Å². The number of nitrogens with zero attached hydrogens (tertiary/aromatic N) is 2. The molecule has 11 aromatic rings. The number of furan rings is 1. The number of hydrogen-bond acceptors (Lipinski definition) is 1. The Hall–Kier alpha value is -6.84. The van der Waals surface area contributed by atoms with Crippen LogP contribution in [0.15, 0.2) is 174 Å². The van der Waals surface area contributed by atoms with Gasteiger partial charge in [-0.3, -0.25) is 0 Å². The smallest absolute Gasteiger partial charge is 0.135 e. The number of aromatic nitrogens is 2. The quantitative estimate of drug-likeness (QED) is 0.181. The van der Waals surface area contributed by atoms with Crippen molar-refractivity contribution in [3.63, 3.8) is 0 Å². The van der Waals surface area contributed by atoms with Gasteiger partial charge >= 0.3 is 0 Å². The van der Waals surface area contributed by atoms with Gasteiger partial charge in [-0.05, 0) is 94.0 Å². The van der Waals surface area contributed by atoms with Crippen LogP contribution in [-0.4, -0.2) is 9.13 Å². The Morgan fingerprint density at radius 3 is 1.65 bits per heavy atom. The molecule has 1 aliphatic carbocycles. The van der Waals surface area contributed by atoms with Gasteiger partial charge in [-0.25, -0.2) is 0 Å². The van der Waals surface area contributed by atoms with E-state index in [2.05, 4.69) is 181 Å². The lowest BCUT2D eigenvalue weighted by Gasteiger charge is -2.23. The van der Waals surface area contributed by atoms with Crippen molar-refractivity contribution in [3.8, 4) is 33.6 Å². The third-order valence-electron chi connectivity index (χ3n) is 12.1. The molecule has 3 nitrogen and oxygen atoms in total. The van der Waals surface area contributed by atoms with Gasteiger partial charge in [0.2, 0.25) is 0 Å². The second-order valence-corrected chi connectivity index (χ2v) is 15.3. The average Bonchev–Trinajstić information content (AvgIpc) is 3.93. The molecule has 0 radical (unpaired) electrons. The van der Waals surface area contributed by atoms with Crippen LogP contribution in [0, 0.1) is 0 Å². The predicted molar refractivity (Wildman–Crippen MR) is 225 cm³/mol. The zero-order valence-electron chi connectivity index (χ0n) is 30.0. The van der Waals surface area contributed by atoms with Gasteiger partial charge in [0.05, 0.1) is 22.1 Å². The fraction of sp³-hybridized carbons (Fsp3) is 0.0588. The summed E-state index contributed by atoms with van der Waals surface area (Å²) >= 11 is 0. The maximum atomic E-state index is 6.15. The number of hydrogen-bond donors (Lipinski definition) is 0. The van der Waals surface area contributed by atoms with Crippen LogP contribution in [0.3, 0.4) is 0 Å². The molecule has 0 fully saturated rings. The SMILES string of the molecule is CC1(C)c2cc(-c3ccc4oc5ccccc5c4c3)ccc2-c2ccc(-n3c4ccccc4c4ccc5c6ccccc6n(-c6ccccc6)c5c43)cc21. The molecular weight excluding hydrogens is 657 g/mol. The third kappa shape index (κ3) is 3.91. The molecule has 8 aromatic carbocycles. The number of fused-ring (bicyclic) bond motifs is 13. The maximum absolute atomic E-state index is 6.15. The molecule has 3 heteroatoms. The topological polar surface area (TPSA) is 23.0 Å². The van der Waals surface area contributed by atoms with Gasteiger partial charge in [-0.15, -0.1) is 0 Å². The van der Waals surface area contributed by atoms with Crippen molar-refractivity contribution in [2.45, 2.75) is 19.3 Å². The van der Waals surface area contributed by atoms with Gasteiger partial charge < -0.3 is 13.6 Å². The van der Waals surface area contributed by atoms with E-state index in [9.17, 15) is 0 Å². The normalized spacial score (nSPS) is 13.5. The molecule has 0 aliphatic heterocycles. The van der Waals surface area contributed by atoms with Crippen molar-refractivity contribution in [1.82, 2.24) is 9.13 Å². The molecule has 0 amide bonds. The van der Waals surface area contributed by atoms with Crippen molar-refractivity contribution in [3.05, 3.63) is 181 Å². The molecule has 3 aromatic heterocycles. The lowest BCUT2D eigenvalue weighted by molar-refractivity contribution is 0.660. The van der Waals surface area contributed by atoms with Crippen molar-refractivity contribution >= 4 is 65.6 Å². The summed E-state index contributed by atoms with van der Waals surface area (Å²) in [5.74, 6) is 0. The first-order chi connectivity index (χ1) is 26.5. The fourth-order valence-corrected chi connectivity index (χ4v) is 9.56. The monoisotopic (exact) mass is 690 g/mol. The minimum atomic E-state index is -0.198. The molecule has 0 saturated carbocycles. The lowest BCUT2D eigenvalue weighted by atomic mass is 9.81. The van der Waals surface area contributed by atoms with Crippen molar-refractivity contribution in [2.24, 2.45) is 0 Å². The third-order valence-corrected chi connectivity index (χ3v) is 12.1. The summed E-state index contributed by atoms with van der Waals surface area (Å²) < 4.78 is 11.1. The highest BCUT2D eigenvalue weighted by atomic mass is 16.3. The first-order valence-corrected chi connectivity index (χ1v) is 18.8. The van der Waals surface area contributed by atoms with E-state index in [1.165, 1.54) is 82.7 Å². The lowest BCUT2D eigenvalue weighted by Crippen LogP contribution is -2.15. The number of rotatable bonds is 3. The second-order valence-electron chi connectivity index (χ2n) is 15.3. The van der Waals surface area contributed by atoms with Gasteiger partial charge in [-0.2, -0.15) is 0 Å². The van der Waals surface area contributed by atoms with Gasteiger partial charge in [0.15, 0.2) is 0 Å². The van der Waals surface area contributed by atoms with Crippen LogP contribution in [0.5, 0.6) is 0 Å². The molecule has 0 saturated heterocycles. The summed E-state index contributed by atoms with van der Waals surface area (Å²) in [6, 6.07) is 62.2. The van der Waals surface area contributed by atoms with Crippen molar-refractivity contribution in [2.75, 3.05) is 0 Å². The standard InChI is InChI=1S/C51H34N2O/c1-51(2)43-29-32(31-21-27-48-42(28-31)39-16-8-11-19-47(39)54-48)20-23-35(43)36-24-22-34(30-44(36)51)53-46-18-10-7-15-38(46)41-26-25-40-37-14-6-9-17-45(37)52(49(40)50(41)53)33-12-4-3-5-13-33/h3-30H,1-2H3. The number of benzene rings is 8. The van der Waals surface area contributed by atoms with Gasteiger partial charge in [0.25, 0.3) is 0 Å². The predicted octanol–water partition coefficient (Wildman–Crippen LogP) is 13.8. The highest BCUT2D eigenvalue weighted by Gasteiger charge is 2.36. The summed E-state index contributed by atoms with van der Waals surface area (Å²) in [5, 5.41) is 7.35. The summed E-state index contributed by atoms with van der Waals surface area (Å²) in [5.41, 5.74) is 16.6. The van der Waals surface area contributed by atoms with Crippen LogP contribution in [-0.2, 0) is 5.41 Å². The maximum Gasteiger partial charge on any atom is 0.135 e. The van der Waals surface area contributed by atoms with Gasteiger partial charge in [-0.1, -0.05) is 123 Å². The summed E-state index contributed by atoms with van der Waals surface area (Å²) in [4.78, 5) is 0. The Morgan fingerprint density at radius 2 is 0.926 bits per heavy atom. The molecular formula is C51H34N2O. The van der Waals surface area contributed by atoms with Crippen LogP contribution in [0.25, 0.3) is 99.2 Å². The fourth-order valence-electron chi connectivity index (χ4n) is 9.56. The van der Waals surface area contributed by atoms with Crippen LogP contribution in [0.1, 0.15) is 25.0 Å². The molecule has 0 bridgehead atoms. The Kier molecular flexibility index (Phi) is 5.84. The first kappa shape index (κ1) is 29.7. The second kappa shape index (κ2) is 10.6. The molecule has 0 unspecified atom stereocenters. The average molecular weight is 691 g/mol. The Balaban J connectivity index is 1.07. The summed E-state index contributed by atoms with van der Waals surface area (Å²) in [7, 11) is 0. The highest BCUT2D eigenvalue weighted by molar-refractivity contribution is 6.23. The minimum absolute atomic E-state index is 0.198. The number of para-hydroxylation sites is 4. The molecule has 3 heterocycles. The zero-order valence-corrected chi connectivity index (χ0v) is 30.0. The Labute approximate surface area is 311 Å². The molecule has 0 spiro atoms. The molecule has 0 N–H and O–H groups in total. The Bertz CT molecular complexity index is 3350. The zero-order chi connectivity index (χ0) is 35.7. The van der Waals surface area contributed by atoms with Gasteiger partial charge in [0.1, 0.15) is 11.2 Å².